The zero-order valence-corrected chi connectivity index (χ0v) is 14.4. The molecule has 26 heavy (non-hydrogen) atoms. The van der Waals surface area contributed by atoms with Crippen molar-refractivity contribution in [3.05, 3.63) is 109 Å². The average molecular weight is 330 g/mol. The van der Waals surface area contributed by atoms with Crippen LogP contribution in [0.25, 0.3) is 43.8 Å². The Morgan fingerprint density at radius 3 is 1.73 bits per heavy atom. The molecular weight excluding hydrogens is 312 g/mol. The van der Waals surface area contributed by atoms with Crippen molar-refractivity contribution in [2.75, 3.05) is 0 Å². The maximum absolute atomic E-state index is 2.31. The predicted molar refractivity (Wildman–Crippen MR) is 112 cm³/mol. The summed E-state index contributed by atoms with van der Waals surface area (Å²) >= 11 is 0. The molecule has 0 amide bonds. The van der Waals surface area contributed by atoms with E-state index in [2.05, 4.69) is 109 Å². The second-order valence-electron chi connectivity index (χ2n) is 6.64. The van der Waals surface area contributed by atoms with Crippen LogP contribution in [0.2, 0.25) is 0 Å². The van der Waals surface area contributed by atoms with E-state index in [-0.39, 0.29) is 0 Å². The standard InChI is InChI=1S/C26H18/c1-3-9-19(10-4-1)21-15-16-25-23(17-21)18-22-13-7-8-14-24(22)26(25)20-11-5-2-6-12-20/h1-18H. The first kappa shape index (κ1) is 14.9. The maximum atomic E-state index is 2.31. The van der Waals surface area contributed by atoms with Crippen molar-refractivity contribution in [3.63, 3.8) is 0 Å². The lowest BCUT2D eigenvalue weighted by atomic mass is 9.90. The second kappa shape index (κ2) is 6.16. The number of fused-ring (bicyclic) bond motifs is 2. The number of hydrogen-bond acceptors (Lipinski definition) is 0. The molecule has 0 saturated carbocycles. The maximum Gasteiger partial charge on any atom is -0.00268 e. The van der Waals surface area contributed by atoms with Crippen LogP contribution in [0.15, 0.2) is 109 Å². The number of benzene rings is 5. The summed E-state index contributed by atoms with van der Waals surface area (Å²) in [7, 11) is 0. The fourth-order valence-corrected chi connectivity index (χ4v) is 3.80. The molecule has 0 heterocycles. The molecule has 0 N–H and O–H groups in total. The average Bonchev–Trinajstić information content (AvgIpc) is 2.73. The van der Waals surface area contributed by atoms with E-state index in [9.17, 15) is 0 Å². The Morgan fingerprint density at radius 2 is 0.962 bits per heavy atom. The van der Waals surface area contributed by atoms with Crippen molar-refractivity contribution < 1.29 is 0 Å². The molecule has 0 aliphatic carbocycles. The van der Waals surface area contributed by atoms with Gasteiger partial charge in [0.25, 0.3) is 0 Å². The van der Waals surface area contributed by atoms with E-state index in [1.165, 1.54) is 43.8 Å². The minimum absolute atomic E-state index is 1.25. The summed E-state index contributed by atoms with van der Waals surface area (Å²) in [5.74, 6) is 0. The molecule has 0 radical (unpaired) electrons. The van der Waals surface area contributed by atoms with Crippen LogP contribution in [0.4, 0.5) is 0 Å². The number of rotatable bonds is 2. The highest BCUT2D eigenvalue weighted by Gasteiger charge is 2.10. The third-order valence-electron chi connectivity index (χ3n) is 5.03. The van der Waals surface area contributed by atoms with Crippen molar-refractivity contribution in [1.82, 2.24) is 0 Å². The van der Waals surface area contributed by atoms with Gasteiger partial charge in [0.2, 0.25) is 0 Å². The third kappa shape index (κ3) is 2.48. The lowest BCUT2D eigenvalue weighted by molar-refractivity contribution is 1.64. The van der Waals surface area contributed by atoms with Crippen LogP contribution in [0.5, 0.6) is 0 Å². The van der Waals surface area contributed by atoms with Gasteiger partial charge in [-0.3, -0.25) is 0 Å². The minimum Gasteiger partial charge on any atom is -0.0622 e. The van der Waals surface area contributed by atoms with Crippen LogP contribution in [0.3, 0.4) is 0 Å². The van der Waals surface area contributed by atoms with Gasteiger partial charge in [0.05, 0.1) is 0 Å². The van der Waals surface area contributed by atoms with Gasteiger partial charge in [0.1, 0.15) is 0 Å². The van der Waals surface area contributed by atoms with E-state index >= 15 is 0 Å². The van der Waals surface area contributed by atoms with Crippen LogP contribution >= 0.6 is 0 Å². The van der Waals surface area contributed by atoms with E-state index in [0.717, 1.165) is 0 Å². The molecule has 5 aromatic rings. The van der Waals surface area contributed by atoms with E-state index in [1.54, 1.807) is 0 Å². The molecule has 122 valence electrons. The highest BCUT2D eigenvalue weighted by atomic mass is 14.1. The molecule has 0 heteroatoms. The molecule has 0 unspecified atom stereocenters. The molecule has 0 aromatic heterocycles. The predicted octanol–water partition coefficient (Wildman–Crippen LogP) is 7.33. The Kier molecular flexibility index (Phi) is 3.54. The Balaban J connectivity index is 1.85. The quantitative estimate of drug-likeness (QED) is 0.297. The Labute approximate surface area is 153 Å². The van der Waals surface area contributed by atoms with Gasteiger partial charge in [-0.25, -0.2) is 0 Å². The molecule has 0 bridgehead atoms. The summed E-state index contributed by atoms with van der Waals surface area (Å²) in [6.07, 6.45) is 0. The summed E-state index contributed by atoms with van der Waals surface area (Å²) in [6.45, 7) is 0. The summed E-state index contributed by atoms with van der Waals surface area (Å²) in [6, 6.07) is 39.1. The number of hydrogen-bond donors (Lipinski definition) is 0. The SMILES string of the molecule is c1ccc(-c2ccc3c(-c4ccccc4)c4ccccc4cc3c2)cc1. The van der Waals surface area contributed by atoms with Crippen molar-refractivity contribution >= 4 is 21.5 Å². The van der Waals surface area contributed by atoms with E-state index in [4.69, 9.17) is 0 Å². The zero-order valence-electron chi connectivity index (χ0n) is 14.4. The molecule has 0 nitrogen and oxygen atoms in total. The normalized spacial score (nSPS) is 11.1. The zero-order chi connectivity index (χ0) is 17.3. The van der Waals surface area contributed by atoms with Gasteiger partial charge in [-0.05, 0) is 55.9 Å². The first-order valence-corrected chi connectivity index (χ1v) is 8.96. The molecule has 0 aliphatic rings. The van der Waals surface area contributed by atoms with Gasteiger partial charge in [-0.1, -0.05) is 97.1 Å². The third-order valence-corrected chi connectivity index (χ3v) is 5.03. The topological polar surface area (TPSA) is 0 Å². The Morgan fingerprint density at radius 1 is 0.346 bits per heavy atom. The lowest BCUT2D eigenvalue weighted by Crippen LogP contribution is -1.86. The Bertz CT molecular complexity index is 1200. The largest absolute Gasteiger partial charge is 0.0622 e. The van der Waals surface area contributed by atoms with Gasteiger partial charge in [-0.2, -0.15) is 0 Å². The molecule has 5 rings (SSSR count). The van der Waals surface area contributed by atoms with Crippen molar-refractivity contribution in [2.45, 2.75) is 0 Å². The van der Waals surface area contributed by atoms with Gasteiger partial charge in [-0.15, -0.1) is 0 Å². The van der Waals surface area contributed by atoms with Gasteiger partial charge >= 0.3 is 0 Å². The van der Waals surface area contributed by atoms with E-state index < -0.39 is 0 Å². The molecule has 0 fully saturated rings. The van der Waals surface area contributed by atoms with Crippen LogP contribution in [0.1, 0.15) is 0 Å². The smallest absolute Gasteiger partial charge is 0.00268 e. The molecule has 0 aliphatic heterocycles. The molecule has 5 aromatic carbocycles. The molecule has 0 atom stereocenters. The minimum atomic E-state index is 1.25. The van der Waals surface area contributed by atoms with Crippen LogP contribution in [-0.2, 0) is 0 Å². The van der Waals surface area contributed by atoms with Gasteiger partial charge in [0.15, 0.2) is 0 Å². The summed E-state index contributed by atoms with van der Waals surface area (Å²) < 4.78 is 0. The van der Waals surface area contributed by atoms with Gasteiger partial charge in [0, 0.05) is 0 Å². The monoisotopic (exact) mass is 330 g/mol. The lowest BCUT2D eigenvalue weighted by Gasteiger charge is -2.13. The summed E-state index contributed by atoms with van der Waals surface area (Å²) in [5.41, 5.74) is 5.09. The van der Waals surface area contributed by atoms with Gasteiger partial charge < -0.3 is 0 Å². The van der Waals surface area contributed by atoms with Crippen LogP contribution in [0, 0.1) is 0 Å². The molecular formula is C26H18. The van der Waals surface area contributed by atoms with Crippen molar-refractivity contribution in [3.8, 4) is 22.3 Å². The summed E-state index contributed by atoms with van der Waals surface area (Å²) in [4.78, 5) is 0. The summed E-state index contributed by atoms with van der Waals surface area (Å²) in [5, 5.41) is 5.17. The highest BCUT2D eigenvalue weighted by molar-refractivity contribution is 6.13. The fraction of sp³-hybridized carbons (Fsp3) is 0. The second-order valence-corrected chi connectivity index (χ2v) is 6.64. The van der Waals surface area contributed by atoms with E-state index in [0.29, 0.717) is 0 Å². The van der Waals surface area contributed by atoms with Crippen LogP contribution < -0.4 is 0 Å². The van der Waals surface area contributed by atoms with Crippen molar-refractivity contribution in [1.29, 1.82) is 0 Å². The first-order chi connectivity index (χ1) is 12.9. The Hall–Kier alpha value is -3.38. The van der Waals surface area contributed by atoms with Crippen molar-refractivity contribution in [2.24, 2.45) is 0 Å². The highest BCUT2D eigenvalue weighted by Crippen LogP contribution is 2.37. The fourth-order valence-electron chi connectivity index (χ4n) is 3.80. The molecule has 0 spiro atoms. The van der Waals surface area contributed by atoms with E-state index in [1.807, 2.05) is 0 Å². The van der Waals surface area contributed by atoms with Crippen LogP contribution in [-0.4, -0.2) is 0 Å². The molecule has 0 saturated heterocycles. The first-order valence-electron chi connectivity index (χ1n) is 8.96.